The van der Waals surface area contributed by atoms with Gasteiger partial charge in [0.2, 0.25) is 0 Å². The van der Waals surface area contributed by atoms with Crippen LogP contribution in [0.15, 0.2) is 52.8 Å². The second kappa shape index (κ2) is 8.52. The van der Waals surface area contributed by atoms with E-state index < -0.39 is 23.8 Å². The summed E-state index contributed by atoms with van der Waals surface area (Å²) in [5.74, 6) is -1.92. The van der Waals surface area contributed by atoms with Crippen molar-refractivity contribution in [3.05, 3.63) is 59.7 Å². The number of nitrogens with one attached hydrogen (secondary N) is 2. The third-order valence-electron chi connectivity index (χ3n) is 3.38. The second-order valence-corrected chi connectivity index (χ2v) is 5.30. The predicted octanol–water partition coefficient (Wildman–Crippen LogP) is 1.65. The molecule has 0 unspecified atom stereocenters. The van der Waals surface area contributed by atoms with E-state index in [2.05, 4.69) is 10.6 Å². The molecule has 1 atom stereocenters. The first kappa shape index (κ1) is 18.8. The van der Waals surface area contributed by atoms with Gasteiger partial charge >= 0.3 is 5.97 Å². The molecule has 0 bridgehead atoms. The molecule has 0 saturated heterocycles. The molecule has 0 fully saturated rings. The number of ether oxygens (including phenoxy) is 1. The third-order valence-corrected chi connectivity index (χ3v) is 3.38. The number of hydrogen-bond donors (Lipinski definition) is 3. The zero-order valence-corrected chi connectivity index (χ0v) is 14.2. The molecule has 0 aliphatic carbocycles. The van der Waals surface area contributed by atoms with Gasteiger partial charge in [-0.3, -0.25) is 14.4 Å². The molecular formula is C18H18N2O6. The monoisotopic (exact) mass is 358 g/mol. The Balaban J connectivity index is 2.27. The van der Waals surface area contributed by atoms with Crippen molar-refractivity contribution in [3.8, 4) is 5.75 Å². The largest absolute Gasteiger partial charge is 0.497 e. The number of furan rings is 1. The van der Waals surface area contributed by atoms with E-state index in [4.69, 9.17) is 14.3 Å². The molecule has 8 nitrogen and oxygen atoms in total. The molecule has 136 valence electrons. The van der Waals surface area contributed by atoms with Gasteiger partial charge in [-0.25, -0.2) is 0 Å². The first-order chi connectivity index (χ1) is 12.4. The van der Waals surface area contributed by atoms with Gasteiger partial charge in [0.05, 0.1) is 13.4 Å². The Morgan fingerprint density at radius 2 is 1.88 bits per heavy atom. The molecule has 3 N–H and O–H groups in total. The number of aliphatic carboxylic acids is 1. The summed E-state index contributed by atoms with van der Waals surface area (Å²) in [4.78, 5) is 35.5. The van der Waals surface area contributed by atoms with Gasteiger partial charge in [-0.15, -0.1) is 0 Å². The number of amides is 2. The summed E-state index contributed by atoms with van der Waals surface area (Å²) in [7, 11) is 1.53. The van der Waals surface area contributed by atoms with Gasteiger partial charge in [0.1, 0.15) is 17.5 Å². The molecule has 1 aromatic heterocycles. The van der Waals surface area contributed by atoms with E-state index in [1.807, 2.05) is 0 Å². The minimum Gasteiger partial charge on any atom is -0.497 e. The molecule has 0 aliphatic rings. The van der Waals surface area contributed by atoms with Crippen molar-refractivity contribution < 1.29 is 28.6 Å². The van der Waals surface area contributed by atoms with Gasteiger partial charge in [-0.2, -0.15) is 0 Å². The summed E-state index contributed by atoms with van der Waals surface area (Å²) in [6, 6.07) is 8.61. The summed E-state index contributed by atoms with van der Waals surface area (Å²) in [6.07, 6.45) is 2.75. The average Bonchev–Trinajstić information content (AvgIpc) is 3.16. The van der Waals surface area contributed by atoms with Crippen molar-refractivity contribution in [2.75, 3.05) is 7.11 Å². The maximum atomic E-state index is 12.4. The Morgan fingerprint density at radius 1 is 1.19 bits per heavy atom. The summed E-state index contributed by atoms with van der Waals surface area (Å²) in [6.45, 7) is 1.32. The van der Waals surface area contributed by atoms with E-state index in [1.165, 1.54) is 38.5 Å². The lowest BCUT2D eigenvalue weighted by molar-refractivity contribution is -0.140. The molecule has 0 radical (unpaired) electrons. The van der Waals surface area contributed by atoms with Crippen LogP contribution in [0.3, 0.4) is 0 Å². The quantitative estimate of drug-likeness (QED) is 0.648. The number of rotatable bonds is 7. The summed E-state index contributed by atoms with van der Waals surface area (Å²) in [5.41, 5.74) is 0.489. The van der Waals surface area contributed by atoms with Gasteiger partial charge < -0.3 is 24.9 Å². The van der Waals surface area contributed by atoms with E-state index >= 15 is 0 Å². The number of carbonyl (C=O) groups is 3. The first-order valence-corrected chi connectivity index (χ1v) is 7.65. The van der Waals surface area contributed by atoms with Crippen LogP contribution >= 0.6 is 0 Å². The molecular weight excluding hydrogens is 340 g/mol. The Labute approximate surface area is 149 Å². The maximum Gasteiger partial charge on any atom is 0.325 e. The van der Waals surface area contributed by atoms with E-state index in [1.54, 1.807) is 24.3 Å². The lowest BCUT2D eigenvalue weighted by Gasteiger charge is -2.13. The van der Waals surface area contributed by atoms with E-state index in [-0.39, 0.29) is 11.5 Å². The lowest BCUT2D eigenvalue weighted by atomic mass is 10.1. The summed E-state index contributed by atoms with van der Waals surface area (Å²) in [5, 5.41) is 13.7. The molecule has 1 aromatic carbocycles. The van der Waals surface area contributed by atoms with Crippen LogP contribution in [0.4, 0.5) is 0 Å². The highest BCUT2D eigenvalue weighted by Gasteiger charge is 2.20. The fourth-order valence-electron chi connectivity index (χ4n) is 1.95. The van der Waals surface area contributed by atoms with Crippen LogP contribution in [-0.4, -0.2) is 36.0 Å². The van der Waals surface area contributed by atoms with E-state index in [9.17, 15) is 14.4 Å². The second-order valence-electron chi connectivity index (χ2n) is 5.30. The number of hydrogen-bond acceptors (Lipinski definition) is 5. The SMILES string of the molecule is COc1ccc(/C=C(\NC(=O)c2ccco2)C(=O)N[C@H](C)C(=O)O)cc1. The number of methoxy groups -OCH3 is 1. The van der Waals surface area contributed by atoms with E-state index in [0.29, 0.717) is 11.3 Å². The van der Waals surface area contributed by atoms with Crippen LogP contribution in [-0.2, 0) is 9.59 Å². The van der Waals surface area contributed by atoms with Crippen molar-refractivity contribution >= 4 is 23.9 Å². The Kier molecular flexibility index (Phi) is 6.15. The molecule has 2 rings (SSSR count). The Hall–Kier alpha value is -3.55. The summed E-state index contributed by atoms with van der Waals surface area (Å²) < 4.78 is 10.1. The van der Waals surface area contributed by atoms with Crippen molar-refractivity contribution in [3.63, 3.8) is 0 Å². The lowest BCUT2D eigenvalue weighted by Crippen LogP contribution is -2.42. The first-order valence-electron chi connectivity index (χ1n) is 7.65. The maximum absolute atomic E-state index is 12.4. The number of benzene rings is 1. The molecule has 2 aromatic rings. The van der Waals surface area contributed by atoms with Gasteiger partial charge in [0.15, 0.2) is 5.76 Å². The van der Waals surface area contributed by atoms with Crippen LogP contribution in [0.25, 0.3) is 6.08 Å². The number of carbonyl (C=O) groups excluding carboxylic acids is 2. The van der Waals surface area contributed by atoms with Crippen LogP contribution in [0.1, 0.15) is 23.0 Å². The van der Waals surface area contributed by atoms with Crippen LogP contribution in [0.5, 0.6) is 5.75 Å². The van der Waals surface area contributed by atoms with Gasteiger partial charge in [0.25, 0.3) is 11.8 Å². The molecule has 1 heterocycles. The molecule has 0 saturated carbocycles. The zero-order valence-electron chi connectivity index (χ0n) is 14.2. The van der Waals surface area contributed by atoms with Gasteiger partial charge in [0, 0.05) is 0 Å². The highest BCUT2D eigenvalue weighted by atomic mass is 16.5. The predicted molar refractivity (Wildman–Crippen MR) is 92.4 cm³/mol. The highest BCUT2D eigenvalue weighted by Crippen LogP contribution is 2.14. The van der Waals surface area contributed by atoms with Crippen LogP contribution in [0, 0.1) is 0 Å². The Morgan fingerprint density at radius 3 is 2.42 bits per heavy atom. The zero-order chi connectivity index (χ0) is 19.1. The average molecular weight is 358 g/mol. The molecule has 2 amide bonds. The van der Waals surface area contributed by atoms with Gasteiger partial charge in [-0.05, 0) is 42.8 Å². The molecule has 0 aliphatic heterocycles. The third kappa shape index (κ3) is 4.97. The summed E-state index contributed by atoms with van der Waals surface area (Å²) >= 11 is 0. The molecule has 8 heteroatoms. The minimum absolute atomic E-state index is 0.0183. The fraction of sp³-hybridized carbons (Fsp3) is 0.167. The van der Waals surface area contributed by atoms with Crippen LogP contribution < -0.4 is 15.4 Å². The van der Waals surface area contributed by atoms with Crippen LogP contribution in [0.2, 0.25) is 0 Å². The smallest absolute Gasteiger partial charge is 0.325 e. The number of carboxylic acids is 1. The Bertz CT molecular complexity index is 809. The number of carboxylic acid groups (broad SMARTS) is 1. The van der Waals surface area contributed by atoms with Crippen molar-refractivity contribution in [1.82, 2.24) is 10.6 Å². The standard InChI is InChI=1S/C18H18N2O6/c1-11(18(23)24)19-16(21)14(20-17(22)15-4-3-9-26-15)10-12-5-7-13(25-2)8-6-12/h3-11H,1-2H3,(H,19,21)(H,20,22)(H,23,24)/b14-10-/t11-/m1/s1. The van der Waals surface area contributed by atoms with Crippen molar-refractivity contribution in [2.24, 2.45) is 0 Å². The van der Waals surface area contributed by atoms with Crippen molar-refractivity contribution in [1.29, 1.82) is 0 Å². The molecule has 0 spiro atoms. The fourth-order valence-corrected chi connectivity index (χ4v) is 1.95. The van der Waals surface area contributed by atoms with Gasteiger partial charge in [-0.1, -0.05) is 12.1 Å². The highest BCUT2D eigenvalue weighted by molar-refractivity contribution is 6.05. The van der Waals surface area contributed by atoms with Crippen molar-refractivity contribution in [2.45, 2.75) is 13.0 Å². The molecule has 26 heavy (non-hydrogen) atoms. The van der Waals surface area contributed by atoms with E-state index in [0.717, 1.165) is 0 Å². The minimum atomic E-state index is -1.19. The topological polar surface area (TPSA) is 118 Å². The normalized spacial score (nSPS) is 12.2.